The molecule has 7 heteroatoms. The van der Waals surface area contributed by atoms with Gasteiger partial charge in [0.1, 0.15) is 11.4 Å². The monoisotopic (exact) mass is 292 g/mol. The minimum absolute atomic E-state index is 0.0607. The fraction of sp³-hybridized carbons (Fsp3) is 0.500. The average Bonchev–Trinajstić information content (AvgIpc) is 2.47. The molecule has 7 nitrogen and oxygen atoms in total. The highest BCUT2D eigenvalue weighted by molar-refractivity contribution is 5.95. The van der Waals surface area contributed by atoms with Crippen molar-refractivity contribution in [1.82, 2.24) is 9.88 Å². The van der Waals surface area contributed by atoms with Gasteiger partial charge in [0.25, 0.3) is 0 Å². The first-order valence-corrected chi connectivity index (χ1v) is 6.96. The van der Waals surface area contributed by atoms with Gasteiger partial charge in [0, 0.05) is 33.1 Å². The summed E-state index contributed by atoms with van der Waals surface area (Å²) in [6.07, 6.45) is 1.52. The average molecular weight is 292 g/mol. The molecular formula is C14H20N4O3. The standard InChI is InChI=1S/C14H20N4O3/c1-3-21-14(20)12-8-11(15)9-16-13(12)18-6-4-17(5-7-18)10(2)19/h8-9H,3-7,15H2,1-2H3. The highest BCUT2D eigenvalue weighted by Crippen LogP contribution is 2.22. The lowest BCUT2D eigenvalue weighted by molar-refractivity contribution is -0.129. The zero-order valence-corrected chi connectivity index (χ0v) is 12.3. The lowest BCUT2D eigenvalue weighted by Gasteiger charge is -2.35. The van der Waals surface area contributed by atoms with Crippen molar-refractivity contribution in [3.8, 4) is 0 Å². The number of piperazine rings is 1. The van der Waals surface area contributed by atoms with Gasteiger partial charge in [-0.25, -0.2) is 9.78 Å². The lowest BCUT2D eigenvalue weighted by atomic mass is 10.2. The van der Waals surface area contributed by atoms with Crippen LogP contribution in [0.4, 0.5) is 11.5 Å². The Hall–Kier alpha value is -2.31. The summed E-state index contributed by atoms with van der Waals surface area (Å²) in [5, 5.41) is 0. The third kappa shape index (κ3) is 3.42. The second-order valence-corrected chi connectivity index (χ2v) is 4.85. The Bertz CT molecular complexity index is 539. The van der Waals surface area contributed by atoms with Gasteiger partial charge in [-0.1, -0.05) is 0 Å². The summed E-state index contributed by atoms with van der Waals surface area (Å²) < 4.78 is 5.05. The third-order valence-electron chi connectivity index (χ3n) is 3.41. The molecule has 0 radical (unpaired) electrons. The maximum Gasteiger partial charge on any atom is 0.341 e. The number of rotatable bonds is 3. The summed E-state index contributed by atoms with van der Waals surface area (Å²) >= 11 is 0. The minimum Gasteiger partial charge on any atom is -0.462 e. The van der Waals surface area contributed by atoms with Crippen molar-refractivity contribution in [2.24, 2.45) is 0 Å². The van der Waals surface area contributed by atoms with Crippen LogP contribution in [0.2, 0.25) is 0 Å². The van der Waals surface area contributed by atoms with Crippen molar-refractivity contribution in [3.05, 3.63) is 17.8 Å². The molecule has 1 aromatic rings. The third-order valence-corrected chi connectivity index (χ3v) is 3.41. The van der Waals surface area contributed by atoms with Gasteiger partial charge < -0.3 is 20.3 Å². The van der Waals surface area contributed by atoms with Crippen LogP contribution in [0.3, 0.4) is 0 Å². The number of ether oxygens (including phenoxy) is 1. The quantitative estimate of drug-likeness (QED) is 0.817. The van der Waals surface area contributed by atoms with Crippen LogP contribution in [-0.2, 0) is 9.53 Å². The molecule has 0 spiro atoms. The van der Waals surface area contributed by atoms with Crippen LogP contribution in [-0.4, -0.2) is 54.5 Å². The molecule has 21 heavy (non-hydrogen) atoms. The maximum absolute atomic E-state index is 12.0. The van der Waals surface area contributed by atoms with Crippen molar-refractivity contribution >= 4 is 23.4 Å². The number of esters is 1. The molecule has 1 fully saturated rings. The molecule has 0 bridgehead atoms. The highest BCUT2D eigenvalue weighted by Gasteiger charge is 2.24. The van der Waals surface area contributed by atoms with Crippen molar-refractivity contribution in [2.45, 2.75) is 13.8 Å². The Balaban J connectivity index is 2.20. The molecule has 0 atom stereocenters. The zero-order valence-electron chi connectivity index (χ0n) is 12.3. The summed E-state index contributed by atoms with van der Waals surface area (Å²) in [6, 6.07) is 1.58. The van der Waals surface area contributed by atoms with Crippen molar-refractivity contribution in [1.29, 1.82) is 0 Å². The van der Waals surface area contributed by atoms with E-state index in [2.05, 4.69) is 4.98 Å². The molecule has 2 rings (SSSR count). The molecule has 1 aliphatic heterocycles. The summed E-state index contributed by atoms with van der Waals surface area (Å²) in [7, 11) is 0. The maximum atomic E-state index is 12.0. The van der Waals surface area contributed by atoms with E-state index < -0.39 is 5.97 Å². The van der Waals surface area contributed by atoms with E-state index in [1.54, 1.807) is 24.8 Å². The molecular weight excluding hydrogens is 272 g/mol. The number of hydrogen-bond donors (Lipinski definition) is 1. The van der Waals surface area contributed by atoms with E-state index >= 15 is 0 Å². The van der Waals surface area contributed by atoms with Gasteiger partial charge in [0.2, 0.25) is 5.91 Å². The number of aromatic nitrogens is 1. The first-order chi connectivity index (χ1) is 10.0. The molecule has 2 N–H and O–H groups in total. The van der Waals surface area contributed by atoms with E-state index in [-0.39, 0.29) is 5.91 Å². The van der Waals surface area contributed by atoms with Crippen LogP contribution in [0.15, 0.2) is 12.3 Å². The Kier molecular flexibility index (Phi) is 4.62. The van der Waals surface area contributed by atoms with Crippen molar-refractivity contribution in [2.75, 3.05) is 43.4 Å². The molecule has 0 saturated carbocycles. The number of hydrogen-bond acceptors (Lipinski definition) is 6. The summed E-state index contributed by atoms with van der Waals surface area (Å²) in [5.74, 6) is 0.192. The Labute approximate surface area is 123 Å². The van der Waals surface area contributed by atoms with Crippen molar-refractivity contribution in [3.63, 3.8) is 0 Å². The van der Waals surface area contributed by atoms with Gasteiger partial charge in [-0.05, 0) is 13.0 Å². The smallest absolute Gasteiger partial charge is 0.341 e. The second kappa shape index (κ2) is 6.43. The van der Waals surface area contributed by atoms with Crippen molar-refractivity contribution < 1.29 is 14.3 Å². The molecule has 1 aliphatic rings. The number of nitrogens with two attached hydrogens (primary N) is 1. The van der Waals surface area contributed by atoms with Crippen LogP contribution < -0.4 is 10.6 Å². The van der Waals surface area contributed by atoms with Gasteiger partial charge in [-0.2, -0.15) is 0 Å². The fourth-order valence-corrected chi connectivity index (χ4v) is 2.32. The summed E-state index contributed by atoms with van der Waals surface area (Å²) in [4.78, 5) is 31.4. The number of nitrogens with zero attached hydrogens (tertiary/aromatic N) is 3. The van der Waals surface area contributed by atoms with Gasteiger partial charge in [-0.15, -0.1) is 0 Å². The Morgan fingerprint density at radius 1 is 1.33 bits per heavy atom. The molecule has 114 valence electrons. The number of nitrogen functional groups attached to an aromatic ring is 1. The molecule has 1 saturated heterocycles. The first kappa shape index (κ1) is 15.1. The number of pyridine rings is 1. The molecule has 1 aromatic heterocycles. The molecule has 0 aromatic carbocycles. The molecule has 0 aliphatic carbocycles. The SMILES string of the molecule is CCOC(=O)c1cc(N)cnc1N1CCN(C(C)=O)CC1. The Morgan fingerprint density at radius 3 is 2.57 bits per heavy atom. The summed E-state index contributed by atoms with van der Waals surface area (Å²) in [6.45, 7) is 6.09. The van der Waals surface area contributed by atoms with E-state index in [9.17, 15) is 9.59 Å². The number of carbonyl (C=O) groups excluding carboxylic acids is 2. The van der Waals surface area contributed by atoms with Crippen LogP contribution >= 0.6 is 0 Å². The molecule has 2 heterocycles. The lowest BCUT2D eigenvalue weighted by Crippen LogP contribution is -2.48. The highest BCUT2D eigenvalue weighted by atomic mass is 16.5. The minimum atomic E-state index is -0.429. The van der Waals surface area contributed by atoms with Crippen LogP contribution in [0.25, 0.3) is 0 Å². The number of anilines is 2. The first-order valence-electron chi connectivity index (χ1n) is 6.96. The van der Waals surface area contributed by atoms with E-state index in [0.29, 0.717) is 49.9 Å². The zero-order chi connectivity index (χ0) is 15.4. The fourth-order valence-electron chi connectivity index (χ4n) is 2.32. The van der Waals surface area contributed by atoms with Gasteiger partial charge in [0.05, 0.1) is 18.5 Å². The molecule has 0 unspecified atom stereocenters. The van der Waals surface area contributed by atoms with Crippen LogP contribution in [0, 0.1) is 0 Å². The molecule has 1 amide bonds. The second-order valence-electron chi connectivity index (χ2n) is 4.85. The predicted molar refractivity (Wildman–Crippen MR) is 79.1 cm³/mol. The van der Waals surface area contributed by atoms with Gasteiger partial charge in [-0.3, -0.25) is 4.79 Å². The summed E-state index contributed by atoms with van der Waals surface area (Å²) in [5.41, 5.74) is 6.50. The normalized spacial score (nSPS) is 15.0. The van der Waals surface area contributed by atoms with E-state index in [1.807, 2.05) is 4.90 Å². The number of carbonyl (C=O) groups is 2. The largest absolute Gasteiger partial charge is 0.462 e. The van der Waals surface area contributed by atoms with E-state index in [4.69, 9.17) is 10.5 Å². The van der Waals surface area contributed by atoms with E-state index in [1.165, 1.54) is 6.20 Å². The predicted octanol–water partition coefficient (Wildman–Crippen LogP) is 0.509. The Morgan fingerprint density at radius 2 is 2.00 bits per heavy atom. The van der Waals surface area contributed by atoms with Crippen LogP contribution in [0.1, 0.15) is 24.2 Å². The van der Waals surface area contributed by atoms with Gasteiger partial charge in [0.15, 0.2) is 0 Å². The van der Waals surface area contributed by atoms with Gasteiger partial charge >= 0.3 is 5.97 Å². The topological polar surface area (TPSA) is 88.8 Å². The number of amides is 1. The van der Waals surface area contributed by atoms with E-state index in [0.717, 1.165) is 0 Å². The van der Waals surface area contributed by atoms with Crippen LogP contribution in [0.5, 0.6) is 0 Å².